The Morgan fingerprint density at radius 3 is 2.15 bits per heavy atom. The van der Waals surface area contributed by atoms with Gasteiger partial charge in [0.15, 0.2) is 23.6 Å². The highest BCUT2D eigenvalue weighted by Gasteiger charge is 2.17. The van der Waals surface area contributed by atoms with Crippen molar-refractivity contribution < 1.29 is 19.1 Å². The molecular weight excluding hydrogens is 256 g/mol. The maximum absolute atomic E-state index is 12.4. The van der Waals surface area contributed by atoms with Crippen LogP contribution in [0.4, 0.5) is 0 Å². The number of methoxy groups -OCH3 is 2. The molecule has 2 rings (SSSR count). The summed E-state index contributed by atoms with van der Waals surface area (Å²) in [6, 6.07) is 11.8. The van der Waals surface area contributed by atoms with Crippen molar-refractivity contribution in [3.8, 4) is 11.5 Å². The number of ether oxygens (including phenoxy) is 2. The van der Waals surface area contributed by atoms with E-state index in [0.29, 0.717) is 28.9 Å². The lowest BCUT2D eigenvalue weighted by atomic mass is 9.98. The number of rotatable bonds is 5. The molecule has 0 aliphatic heterocycles. The summed E-state index contributed by atoms with van der Waals surface area (Å²) in [5.74, 6) is 0.602. The smallest absolute Gasteiger partial charge is 0.193 e. The topological polar surface area (TPSA) is 52.6 Å². The van der Waals surface area contributed by atoms with Crippen LogP contribution in [0.5, 0.6) is 11.5 Å². The molecule has 0 radical (unpaired) electrons. The summed E-state index contributed by atoms with van der Waals surface area (Å²) in [7, 11) is 2.96. The molecule has 0 amide bonds. The molecule has 2 aromatic rings. The molecule has 2 aromatic carbocycles. The van der Waals surface area contributed by atoms with Crippen LogP contribution in [0.25, 0.3) is 0 Å². The van der Waals surface area contributed by atoms with Crippen molar-refractivity contribution in [3.05, 3.63) is 59.2 Å². The lowest BCUT2D eigenvalue weighted by Crippen LogP contribution is -2.06. The van der Waals surface area contributed by atoms with E-state index in [9.17, 15) is 9.59 Å². The van der Waals surface area contributed by atoms with Gasteiger partial charge in [0.1, 0.15) is 0 Å². The first-order chi connectivity index (χ1) is 9.71. The van der Waals surface area contributed by atoms with Gasteiger partial charge in [0.25, 0.3) is 0 Å². The van der Waals surface area contributed by atoms with Gasteiger partial charge in [-0.15, -0.1) is 0 Å². The Balaban J connectivity index is 2.55. The van der Waals surface area contributed by atoms with Crippen molar-refractivity contribution in [2.24, 2.45) is 0 Å². The minimum absolute atomic E-state index is 0.228. The summed E-state index contributed by atoms with van der Waals surface area (Å²) in [4.78, 5) is 23.6. The van der Waals surface area contributed by atoms with E-state index >= 15 is 0 Å². The van der Waals surface area contributed by atoms with Gasteiger partial charge in [-0.05, 0) is 12.1 Å². The zero-order valence-corrected chi connectivity index (χ0v) is 11.3. The largest absolute Gasteiger partial charge is 0.493 e. The normalized spacial score (nSPS) is 9.90. The Bertz CT molecular complexity index is 632. The third kappa shape index (κ3) is 2.54. The fourth-order valence-corrected chi connectivity index (χ4v) is 1.93. The maximum atomic E-state index is 12.4. The molecule has 20 heavy (non-hydrogen) atoms. The first-order valence-corrected chi connectivity index (χ1v) is 6.02. The number of carbonyl (C=O) groups excluding carboxylic acids is 2. The van der Waals surface area contributed by atoms with Gasteiger partial charge < -0.3 is 9.47 Å². The average molecular weight is 270 g/mol. The van der Waals surface area contributed by atoms with Gasteiger partial charge in [-0.3, -0.25) is 9.59 Å². The highest BCUT2D eigenvalue weighted by molar-refractivity contribution is 6.13. The number of carbonyl (C=O) groups is 2. The van der Waals surface area contributed by atoms with E-state index in [2.05, 4.69) is 0 Å². The molecule has 0 atom stereocenters. The third-order valence-corrected chi connectivity index (χ3v) is 2.96. The van der Waals surface area contributed by atoms with Crippen LogP contribution in [0.1, 0.15) is 26.3 Å². The van der Waals surface area contributed by atoms with Crippen LogP contribution in [-0.4, -0.2) is 26.3 Å². The van der Waals surface area contributed by atoms with Crippen LogP contribution in [0.2, 0.25) is 0 Å². The molecular formula is C16H14O4. The second-order valence-electron chi connectivity index (χ2n) is 4.11. The Morgan fingerprint density at radius 1 is 1.00 bits per heavy atom. The molecule has 0 fully saturated rings. The number of hydrogen-bond donors (Lipinski definition) is 0. The van der Waals surface area contributed by atoms with Crippen molar-refractivity contribution in [2.45, 2.75) is 0 Å². The summed E-state index contributed by atoms with van der Waals surface area (Å²) in [6.45, 7) is 0. The zero-order valence-electron chi connectivity index (χ0n) is 11.3. The molecule has 4 heteroatoms. The van der Waals surface area contributed by atoms with Crippen LogP contribution in [0, 0.1) is 0 Å². The van der Waals surface area contributed by atoms with Crippen molar-refractivity contribution in [2.75, 3.05) is 14.2 Å². The van der Waals surface area contributed by atoms with E-state index in [0.717, 1.165) is 0 Å². The Hall–Kier alpha value is -2.62. The molecule has 0 N–H and O–H groups in total. The van der Waals surface area contributed by atoms with Crippen LogP contribution >= 0.6 is 0 Å². The summed E-state index contributed by atoms with van der Waals surface area (Å²) in [5, 5.41) is 0. The standard InChI is InChI=1S/C16H14O4/c1-19-14-8-12(10-17)13(9-15(14)20-2)16(18)11-6-4-3-5-7-11/h3-10H,1-2H3. The van der Waals surface area contributed by atoms with Crippen LogP contribution in [-0.2, 0) is 0 Å². The number of aldehydes is 1. The summed E-state index contributed by atoms with van der Waals surface area (Å²) < 4.78 is 10.3. The lowest BCUT2D eigenvalue weighted by Gasteiger charge is -2.11. The number of ketones is 1. The fraction of sp³-hybridized carbons (Fsp3) is 0.125. The summed E-state index contributed by atoms with van der Waals surface area (Å²) in [6.07, 6.45) is 0.637. The fourth-order valence-electron chi connectivity index (χ4n) is 1.93. The SMILES string of the molecule is COc1cc(C=O)c(C(=O)c2ccccc2)cc1OC. The van der Waals surface area contributed by atoms with Crippen molar-refractivity contribution in [3.63, 3.8) is 0 Å². The Kier molecular flexibility index (Phi) is 4.15. The van der Waals surface area contributed by atoms with E-state index in [1.165, 1.54) is 26.4 Å². The van der Waals surface area contributed by atoms with Crippen molar-refractivity contribution >= 4 is 12.1 Å². The third-order valence-electron chi connectivity index (χ3n) is 2.96. The average Bonchev–Trinajstić information content (AvgIpc) is 2.53. The van der Waals surface area contributed by atoms with E-state index in [1.54, 1.807) is 24.3 Å². The van der Waals surface area contributed by atoms with Gasteiger partial charge in [0.05, 0.1) is 14.2 Å². The van der Waals surface area contributed by atoms with E-state index < -0.39 is 0 Å². The van der Waals surface area contributed by atoms with Gasteiger partial charge in [-0.25, -0.2) is 0 Å². The van der Waals surface area contributed by atoms with Gasteiger partial charge in [0.2, 0.25) is 0 Å². The maximum Gasteiger partial charge on any atom is 0.193 e. The first-order valence-electron chi connectivity index (χ1n) is 6.02. The van der Waals surface area contributed by atoms with E-state index in [1.807, 2.05) is 6.07 Å². The van der Waals surface area contributed by atoms with Gasteiger partial charge in [0, 0.05) is 16.7 Å². The minimum Gasteiger partial charge on any atom is -0.493 e. The molecule has 0 aromatic heterocycles. The monoisotopic (exact) mass is 270 g/mol. The summed E-state index contributed by atoms with van der Waals surface area (Å²) >= 11 is 0. The molecule has 0 saturated carbocycles. The van der Waals surface area contributed by atoms with E-state index in [4.69, 9.17) is 9.47 Å². The Labute approximate surface area is 116 Å². The highest BCUT2D eigenvalue weighted by atomic mass is 16.5. The molecule has 0 unspecified atom stereocenters. The van der Waals surface area contributed by atoms with Crippen LogP contribution in [0.3, 0.4) is 0 Å². The lowest BCUT2D eigenvalue weighted by molar-refractivity contribution is 0.102. The van der Waals surface area contributed by atoms with Gasteiger partial charge in [-0.2, -0.15) is 0 Å². The summed E-state index contributed by atoms with van der Waals surface area (Å²) in [5.41, 5.74) is 1.09. The number of benzene rings is 2. The predicted molar refractivity (Wildman–Crippen MR) is 74.8 cm³/mol. The molecule has 0 aliphatic carbocycles. The predicted octanol–water partition coefficient (Wildman–Crippen LogP) is 2.75. The Morgan fingerprint density at radius 2 is 1.60 bits per heavy atom. The highest BCUT2D eigenvalue weighted by Crippen LogP contribution is 2.31. The molecule has 4 nitrogen and oxygen atoms in total. The number of hydrogen-bond acceptors (Lipinski definition) is 4. The second kappa shape index (κ2) is 6.02. The van der Waals surface area contributed by atoms with Gasteiger partial charge in [-0.1, -0.05) is 30.3 Å². The zero-order chi connectivity index (χ0) is 14.5. The first kappa shape index (κ1) is 13.8. The van der Waals surface area contributed by atoms with Crippen molar-refractivity contribution in [1.82, 2.24) is 0 Å². The van der Waals surface area contributed by atoms with Crippen molar-refractivity contribution in [1.29, 1.82) is 0 Å². The van der Waals surface area contributed by atoms with Crippen LogP contribution in [0.15, 0.2) is 42.5 Å². The molecule has 0 saturated heterocycles. The second-order valence-corrected chi connectivity index (χ2v) is 4.11. The molecule has 0 bridgehead atoms. The molecule has 102 valence electrons. The molecule has 0 aliphatic rings. The molecule has 0 spiro atoms. The van der Waals surface area contributed by atoms with Crippen LogP contribution < -0.4 is 9.47 Å². The van der Waals surface area contributed by atoms with Gasteiger partial charge >= 0.3 is 0 Å². The minimum atomic E-state index is -0.228. The molecule has 0 heterocycles. The quantitative estimate of drug-likeness (QED) is 0.619. The van der Waals surface area contributed by atoms with E-state index in [-0.39, 0.29) is 11.3 Å².